The van der Waals surface area contributed by atoms with Crippen LogP contribution in [0.3, 0.4) is 0 Å². The van der Waals surface area contributed by atoms with Gasteiger partial charge >= 0.3 is 5.97 Å². The zero-order chi connectivity index (χ0) is 20.8. The summed E-state index contributed by atoms with van der Waals surface area (Å²) in [5.41, 5.74) is 6.65. The molecule has 29 heavy (non-hydrogen) atoms. The van der Waals surface area contributed by atoms with Gasteiger partial charge in [-0.25, -0.2) is 0 Å². The van der Waals surface area contributed by atoms with Crippen molar-refractivity contribution < 1.29 is 9.90 Å². The molecule has 1 aromatic heterocycles. The van der Waals surface area contributed by atoms with Crippen molar-refractivity contribution in [3.8, 4) is 11.3 Å². The molecule has 1 N–H and O–H groups in total. The van der Waals surface area contributed by atoms with Gasteiger partial charge in [-0.3, -0.25) is 14.4 Å². The van der Waals surface area contributed by atoms with Gasteiger partial charge in [-0.05, 0) is 32.4 Å². The summed E-state index contributed by atoms with van der Waals surface area (Å²) in [4.78, 5) is 13.2. The second-order valence-electron chi connectivity index (χ2n) is 7.66. The van der Waals surface area contributed by atoms with Crippen LogP contribution in [0.1, 0.15) is 35.6 Å². The van der Waals surface area contributed by atoms with Gasteiger partial charge in [0, 0.05) is 23.9 Å². The molecule has 0 saturated heterocycles. The van der Waals surface area contributed by atoms with E-state index in [-0.39, 0.29) is 6.54 Å². The van der Waals surface area contributed by atoms with Crippen molar-refractivity contribution in [1.29, 1.82) is 0 Å². The number of rotatable bonds is 9. The van der Waals surface area contributed by atoms with E-state index in [2.05, 4.69) is 75.5 Å². The lowest BCUT2D eigenvalue weighted by atomic mass is 10.1. The Morgan fingerprint density at radius 2 is 1.66 bits per heavy atom. The second-order valence-corrected chi connectivity index (χ2v) is 7.66. The Bertz CT molecular complexity index is 943. The fourth-order valence-electron chi connectivity index (χ4n) is 3.46. The Labute approximate surface area is 172 Å². The predicted octanol–water partition coefficient (Wildman–Crippen LogP) is 4.51. The summed E-state index contributed by atoms with van der Waals surface area (Å²) in [5.74, 6) is -0.803. The normalized spacial score (nSPS) is 11.2. The number of aryl methyl sites for hydroxylation is 2. The van der Waals surface area contributed by atoms with Crippen LogP contribution in [-0.4, -0.2) is 38.8 Å². The topological polar surface area (TPSA) is 58.4 Å². The minimum absolute atomic E-state index is 0.0321. The lowest BCUT2D eigenvalue weighted by Gasteiger charge is -2.19. The van der Waals surface area contributed by atoms with Crippen molar-refractivity contribution in [3.63, 3.8) is 0 Å². The van der Waals surface area contributed by atoms with E-state index in [0.29, 0.717) is 13.1 Å². The van der Waals surface area contributed by atoms with Crippen LogP contribution in [0.5, 0.6) is 0 Å². The fraction of sp³-hybridized carbons (Fsp3) is 0.333. The van der Waals surface area contributed by atoms with Gasteiger partial charge in [0.25, 0.3) is 0 Å². The van der Waals surface area contributed by atoms with Crippen LogP contribution >= 0.6 is 0 Å². The second kappa shape index (κ2) is 9.52. The van der Waals surface area contributed by atoms with Crippen LogP contribution in [0.4, 0.5) is 0 Å². The third-order valence-electron chi connectivity index (χ3n) is 4.92. The molecule has 152 valence electrons. The van der Waals surface area contributed by atoms with Gasteiger partial charge in [0.2, 0.25) is 0 Å². The first-order chi connectivity index (χ1) is 13.9. The van der Waals surface area contributed by atoms with Gasteiger partial charge in [0.15, 0.2) is 0 Å². The summed E-state index contributed by atoms with van der Waals surface area (Å²) in [5, 5.41) is 14.1. The molecule has 0 spiro atoms. The zero-order valence-electron chi connectivity index (χ0n) is 17.4. The summed E-state index contributed by atoms with van der Waals surface area (Å²) >= 11 is 0. The molecule has 0 atom stereocenters. The molecule has 5 nitrogen and oxygen atoms in total. The highest BCUT2D eigenvalue weighted by molar-refractivity contribution is 5.69. The largest absolute Gasteiger partial charge is 0.480 e. The van der Waals surface area contributed by atoms with E-state index in [1.165, 1.54) is 16.7 Å². The van der Waals surface area contributed by atoms with Crippen molar-refractivity contribution in [2.45, 2.75) is 40.3 Å². The Morgan fingerprint density at radius 1 is 1.03 bits per heavy atom. The molecular formula is C24H29N3O2. The van der Waals surface area contributed by atoms with Crippen LogP contribution in [0.25, 0.3) is 11.3 Å². The summed E-state index contributed by atoms with van der Waals surface area (Å²) < 4.78 is 1.96. The molecule has 0 amide bonds. The minimum Gasteiger partial charge on any atom is -0.480 e. The summed E-state index contributed by atoms with van der Waals surface area (Å²) in [7, 11) is 0. The molecule has 0 radical (unpaired) electrons. The van der Waals surface area contributed by atoms with Crippen LogP contribution < -0.4 is 0 Å². The van der Waals surface area contributed by atoms with E-state index >= 15 is 0 Å². The first-order valence-corrected chi connectivity index (χ1v) is 10.1. The molecule has 0 fully saturated rings. The Hall–Kier alpha value is -2.92. The van der Waals surface area contributed by atoms with E-state index in [1.54, 1.807) is 0 Å². The van der Waals surface area contributed by atoms with Gasteiger partial charge in [-0.1, -0.05) is 66.6 Å². The maximum absolute atomic E-state index is 11.3. The first-order valence-electron chi connectivity index (χ1n) is 10.1. The highest BCUT2D eigenvalue weighted by atomic mass is 16.4. The number of carboxylic acids is 1. The van der Waals surface area contributed by atoms with Gasteiger partial charge in [-0.15, -0.1) is 0 Å². The molecule has 3 aromatic rings. The van der Waals surface area contributed by atoms with Crippen LogP contribution in [0, 0.1) is 13.8 Å². The fourth-order valence-corrected chi connectivity index (χ4v) is 3.46. The molecule has 2 aromatic carbocycles. The van der Waals surface area contributed by atoms with Crippen molar-refractivity contribution in [3.05, 3.63) is 77.0 Å². The quantitative estimate of drug-likeness (QED) is 0.583. The summed E-state index contributed by atoms with van der Waals surface area (Å²) in [6, 6.07) is 16.8. The molecule has 3 rings (SSSR count). The third kappa shape index (κ3) is 5.78. The standard InChI is InChI=1S/C24H29N3O2/c1-4-13-26(17-23(28)29)15-22-16-27(14-20-9-5-18(2)6-10-20)25-24(22)21-11-7-19(3)8-12-21/h5-12,16H,4,13-15,17H2,1-3H3,(H,28,29). The molecule has 1 heterocycles. The van der Waals surface area contributed by atoms with Crippen molar-refractivity contribution >= 4 is 5.97 Å². The average Bonchev–Trinajstić information content (AvgIpc) is 3.06. The highest BCUT2D eigenvalue weighted by Crippen LogP contribution is 2.24. The lowest BCUT2D eigenvalue weighted by Crippen LogP contribution is -2.30. The maximum Gasteiger partial charge on any atom is 0.317 e. The number of carbonyl (C=O) groups is 1. The van der Waals surface area contributed by atoms with Crippen molar-refractivity contribution in [2.75, 3.05) is 13.1 Å². The maximum atomic E-state index is 11.3. The van der Waals surface area contributed by atoms with Crippen LogP contribution in [0.2, 0.25) is 0 Å². The van der Waals surface area contributed by atoms with E-state index < -0.39 is 5.97 Å². The molecular weight excluding hydrogens is 362 g/mol. The van der Waals surface area contributed by atoms with E-state index in [9.17, 15) is 9.90 Å². The van der Waals surface area contributed by atoms with Gasteiger partial charge in [0.1, 0.15) is 0 Å². The van der Waals surface area contributed by atoms with Gasteiger partial charge in [-0.2, -0.15) is 5.10 Å². The number of aromatic nitrogens is 2. The molecule has 0 aliphatic carbocycles. The van der Waals surface area contributed by atoms with E-state index in [1.807, 2.05) is 9.58 Å². The Balaban J connectivity index is 1.92. The van der Waals surface area contributed by atoms with E-state index in [4.69, 9.17) is 5.10 Å². The number of benzene rings is 2. The number of carboxylic acid groups (broad SMARTS) is 1. The molecule has 0 unspecified atom stereocenters. The average molecular weight is 392 g/mol. The van der Waals surface area contributed by atoms with Crippen molar-refractivity contribution in [2.24, 2.45) is 0 Å². The van der Waals surface area contributed by atoms with Gasteiger partial charge < -0.3 is 5.11 Å². The third-order valence-corrected chi connectivity index (χ3v) is 4.92. The number of hydrogen-bond acceptors (Lipinski definition) is 3. The smallest absolute Gasteiger partial charge is 0.317 e. The summed E-state index contributed by atoms with van der Waals surface area (Å²) in [6.45, 7) is 8.24. The lowest BCUT2D eigenvalue weighted by molar-refractivity contribution is -0.138. The Kier molecular flexibility index (Phi) is 6.83. The monoisotopic (exact) mass is 391 g/mol. The van der Waals surface area contributed by atoms with Gasteiger partial charge in [0.05, 0.1) is 18.8 Å². The Morgan fingerprint density at radius 3 is 2.24 bits per heavy atom. The molecule has 0 bridgehead atoms. The first kappa shape index (κ1) is 20.8. The highest BCUT2D eigenvalue weighted by Gasteiger charge is 2.16. The van der Waals surface area contributed by atoms with Crippen LogP contribution in [0.15, 0.2) is 54.7 Å². The summed E-state index contributed by atoms with van der Waals surface area (Å²) in [6.07, 6.45) is 2.96. The molecule has 0 aliphatic heterocycles. The molecule has 5 heteroatoms. The molecule has 0 aliphatic rings. The predicted molar refractivity (Wildman–Crippen MR) is 116 cm³/mol. The number of aliphatic carboxylic acids is 1. The SMILES string of the molecule is CCCN(CC(=O)O)Cc1cn(Cc2ccc(C)cc2)nc1-c1ccc(C)cc1. The van der Waals surface area contributed by atoms with E-state index in [0.717, 1.165) is 29.8 Å². The number of hydrogen-bond donors (Lipinski definition) is 1. The minimum atomic E-state index is -0.803. The molecule has 0 saturated carbocycles. The number of nitrogens with zero attached hydrogens (tertiary/aromatic N) is 3. The van der Waals surface area contributed by atoms with Crippen LogP contribution in [-0.2, 0) is 17.9 Å². The zero-order valence-corrected chi connectivity index (χ0v) is 17.4. The van der Waals surface area contributed by atoms with Crippen molar-refractivity contribution in [1.82, 2.24) is 14.7 Å².